The van der Waals surface area contributed by atoms with E-state index in [9.17, 15) is 23.5 Å². The van der Waals surface area contributed by atoms with E-state index >= 15 is 0 Å². The molecule has 0 bridgehead atoms. The highest BCUT2D eigenvalue weighted by Gasteiger charge is 2.52. The van der Waals surface area contributed by atoms with Crippen LogP contribution < -0.4 is 0 Å². The van der Waals surface area contributed by atoms with Gasteiger partial charge in [-0.25, -0.2) is 0 Å². The molecule has 1 aromatic rings. The van der Waals surface area contributed by atoms with Crippen molar-refractivity contribution in [1.82, 2.24) is 4.90 Å². The molecule has 1 aliphatic rings. The van der Waals surface area contributed by atoms with Crippen molar-refractivity contribution in [1.29, 1.82) is 0 Å². The summed E-state index contributed by atoms with van der Waals surface area (Å²) < 4.78 is 28.1. The number of carboxylic acids is 1. The number of halogens is 2. The Labute approximate surface area is 201 Å². The second kappa shape index (κ2) is 14.2. The van der Waals surface area contributed by atoms with Crippen LogP contribution in [0.3, 0.4) is 0 Å². The third-order valence-corrected chi connectivity index (χ3v) is 6.56. The van der Waals surface area contributed by atoms with Gasteiger partial charge < -0.3 is 15.1 Å². The summed E-state index contributed by atoms with van der Waals surface area (Å²) in [5.41, 5.74) is 1.33. The Bertz CT molecular complexity index is 784. The summed E-state index contributed by atoms with van der Waals surface area (Å²) in [7, 11) is 0. The van der Waals surface area contributed by atoms with Gasteiger partial charge in [0.05, 0.1) is 12.1 Å². The van der Waals surface area contributed by atoms with Gasteiger partial charge in [0.2, 0.25) is 0 Å². The first-order valence-electron chi connectivity index (χ1n) is 12.5. The number of carbonyl (C=O) groups is 2. The summed E-state index contributed by atoms with van der Waals surface area (Å²) >= 11 is 0. The van der Waals surface area contributed by atoms with Crippen molar-refractivity contribution < 1.29 is 28.6 Å². The van der Waals surface area contributed by atoms with Crippen molar-refractivity contribution in [3.8, 4) is 0 Å². The highest BCUT2D eigenvalue weighted by atomic mass is 19.3. The van der Waals surface area contributed by atoms with Crippen molar-refractivity contribution in [2.24, 2.45) is 5.92 Å². The number of alkyl halides is 2. The van der Waals surface area contributed by atoms with E-state index in [1.807, 2.05) is 25.1 Å². The van der Waals surface area contributed by atoms with E-state index in [1.54, 1.807) is 12.2 Å². The fourth-order valence-electron chi connectivity index (χ4n) is 4.39. The molecule has 3 atom stereocenters. The quantitative estimate of drug-likeness (QED) is 0.238. The number of nitrogens with zero attached hydrogens (tertiary/aromatic N) is 1. The fraction of sp³-hybridized carbons (Fsp3) is 0.630. The summed E-state index contributed by atoms with van der Waals surface area (Å²) in [4.78, 5) is 23.9. The lowest BCUT2D eigenvalue weighted by molar-refractivity contribution is -0.148. The number of rotatable bonds is 16. The normalized spacial score (nSPS) is 19.6. The summed E-state index contributed by atoms with van der Waals surface area (Å²) in [6, 6.07) is 9.60. The minimum absolute atomic E-state index is 0.00766. The number of likely N-dealkylation sites (tertiary alicyclic amines) is 1. The Hall–Kier alpha value is -2.28. The van der Waals surface area contributed by atoms with E-state index < -0.39 is 36.4 Å². The van der Waals surface area contributed by atoms with Crippen LogP contribution in [0, 0.1) is 5.92 Å². The second-order valence-electron chi connectivity index (χ2n) is 9.47. The molecule has 0 radical (unpaired) electrons. The topological polar surface area (TPSA) is 77.8 Å². The Morgan fingerprint density at radius 1 is 1.12 bits per heavy atom. The predicted octanol–water partition coefficient (Wildman–Crippen LogP) is 5.61. The smallest absolute Gasteiger partial charge is 0.327 e. The molecule has 1 aromatic carbocycles. The summed E-state index contributed by atoms with van der Waals surface area (Å²) in [6.45, 7) is 2.17. The number of hydrogen-bond donors (Lipinski definition) is 2. The molecule has 1 aliphatic heterocycles. The number of amides is 1. The Kier molecular flexibility index (Phi) is 11.7. The van der Waals surface area contributed by atoms with Crippen LogP contribution in [0.1, 0.15) is 76.7 Å². The van der Waals surface area contributed by atoms with Crippen molar-refractivity contribution in [3.05, 3.63) is 48.0 Å². The van der Waals surface area contributed by atoms with Gasteiger partial charge in [-0.2, -0.15) is 8.78 Å². The average molecular weight is 480 g/mol. The number of benzene rings is 1. The van der Waals surface area contributed by atoms with Crippen molar-refractivity contribution >= 4 is 11.9 Å². The van der Waals surface area contributed by atoms with E-state index in [4.69, 9.17) is 5.11 Å². The highest BCUT2D eigenvalue weighted by molar-refractivity contribution is 5.86. The van der Waals surface area contributed by atoms with Crippen LogP contribution in [0.25, 0.3) is 0 Å². The van der Waals surface area contributed by atoms with Crippen LogP contribution in [0.5, 0.6) is 0 Å². The zero-order chi connectivity index (χ0) is 25.0. The monoisotopic (exact) mass is 479 g/mol. The lowest BCUT2D eigenvalue weighted by Gasteiger charge is -2.22. The maximum Gasteiger partial charge on any atom is 0.327 e. The minimum atomic E-state index is -3.38. The highest BCUT2D eigenvalue weighted by Crippen LogP contribution is 2.34. The molecule has 2 N–H and O–H groups in total. The van der Waals surface area contributed by atoms with Crippen molar-refractivity contribution in [2.45, 2.75) is 95.6 Å². The zero-order valence-corrected chi connectivity index (χ0v) is 20.2. The first kappa shape index (κ1) is 28.0. The number of unbranched alkanes of at least 4 members (excludes halogenated alkanes) is 5. The molecule has 0 unspecified atom stereocenters. The number of carbonyl (C=O) groups excluding carboxylic acids is 1. The molecule has 34 heavy (non-hydrogen) atoms. The Morgan fingerprint density at radius 3 is 2.50 bits per heavy atom. The molecule has 0 aromatic heterocycles. The van der Waals surface area contributed by atoms with E-state index in [0.717, 1.165) is 32.1 Å². The molecule has 2 rings (SSSR count). The first-order chi connectivity index (χ1) is 16.2. The van der Waals surface area contributed by atoms with Gasteiger partial charge in [0, 0.05) is 19.4 Å². The predicted molar refractivity (Wildman–Crippen MR) is 129 cm³/mol. The van der Waals surface area contributed by atoms with Gasteiger partial charge >= 0.3 is 11.9 Å². The Morgan fingerprint density at radius 2 is 1.79 bits per heavy atom. The Balaban J connectivity index is 1.73. The summed E-state index contributed by atoms with van der Waals surface area (Å²) in [6.07, 6.45) is 9.40. The van der Waals surface area contributed by atoms with Gasteiger partial charge in [0.25, 0.3) is 5.91 Å². The number of aryl methyl sites for hydroxylation is 1. The minimum Gasteiger partial charge on any atom is -0.481 e. The van der Waals surface area contributed by atoms with E-state index in [2.05, 4.69) is 12.1 Å². The van der Waals surface area contributed by atoms with E-state index in [1.165, 1.54) is 10.5 Å². The average Bonchev–Trinajstić information content (AvgIpc) is 3.02. The second-order valence-corrected chi connectivity index (χ2v) is 9.47. The summed E-state index contributed by atoms with van der Waals surface area (Å²) in [5, 5.41) is 19.2. The van der Waals surface area contributed by atoms with Crippen molar-refractivity contribution in [3.63, 3.8) is 0 Å². The van der Waals surface area contributed by atoms with Crippen LogP contribution >= 0.6 is 0 Å². The number of carboxylic acid groups (broad SMARTS) is 1. The molecule has 5 nitrogen and oxygen atoms in total. The standard InChI is InChI=1S/C27H39F2NO4/c1-21(12-6-4-7-13-22-14-8-5-9-15-22)24(31)18-17-23-20-27(28,29)26(34)30(23)19-11-3-2-10-16-25(32)33/h5,8-9,14-15,17-18,21,23-24,31H,2-4,6-7,10-13,16,19-20H2,1H3,(H,32,33)/t21-,23-,24-/m0/s1. The molecule has 1 fully saturated rings. The molecule has 0 saturated carbocycles. The number of aliphatic hydroxyl groups is 1. The van der Waals surface area contributed by atoms with Crippen LogP contribution in [0.4, 0.5) is 8.78 Å². The zero-order valence-electron chi connectivity index (χ0n) is 20.2. The molecule has 0 spiro atoms. The number of aliphatic carboxylic acids is 1. The maximum absolute atomic E-state index is 14.0. The first-order valence-corrected chi connectivity index (χ1v) is 12.5. The van der Waals surface area contributed by atoms with E-state index in [0.29, 0.717) is 25.7 Å². The van der Waals surface area contributed by atoms with Crippen LogP contribution in [0.2, 0.25) is 0 Å². The fourth-order valence-corrected chi connectivity index (χ4v) is 4.39. The lowest BCUT2D eigenvalue weighted by atomic mass is 9.95. The molecule has 190 valence electrons. The molecule has 7 heteroatoms. The third-order valence-electron chi connectivity index (χ3n) is 6.56. The van der Waals surface area contributed by atoms with Gasteiger partial charge in [-0.3, -0.25) is 9.59 Å². The lowest BCUT2D eigenvalue weighted by Crippen LogP contribution is -2.36. The maximum atomic E-state index is 14.0. The SMILES string of the molecule is C[C@@H](CCCCCc1ccccc1)[C@@H](O)C=C[C@H]1CC(F)(F)C(=O)N1CCCCCCC(=O)O. The van der Waals surface area contributed by atoms with Gasteiger partial charge in [0.15, 0.2) is 0 Å². The molecule has 1 saturated heterocycles. The summed E-state index contributed by atoms with van der Waals surface area (Å²) in [5.74, 6) is -5.38. The third kappa shape index (κ3) is 9.53. The van der Waals surface area contributed by atoms with Gasteiger partial charge in [-0.05, 0) is 43.6 Å². The largest absolute Gasteiger partial charge is 0.481 e. The number of hydrogen-bond acceptors (Lipinski definition) is 3. The van der Waals surface area contributed by atoms with Crippen LogP contribution in [0.15, 0.2) is 42.5 Å². The van der Waals surface area contributed by atoms with Crippen molar-refractivity contribution in [2.75, 3.05) is 6.54 Å². The van der Waals surface area contributed by atoms with Gasteiger partial charge in [0.1, 0.15) is 0 Å². The van der Waals surface area contributed by atoms with E-state index in [-0.39, 0.29) is 18.9 Å². The van der Waals surface area contributed by atoms with Crippen LogP contribution in [-0.2, 0) is 16.0 Å². The molecule has 1 heterocycles. The van der Waals surface area contributed by atoms with Gasteiger partial charge in [-0.15, -0.1) is 0 Å². The molecular formula is C27H39F2NO4. The number of aliphatic hydroxyl groups excluding tert-OH is 1. The molecule has 1 amide bonds. The van der Waals surface area contributed by atoms with Crippen LogP contribution in [-0.4, -0.2) is 51.6 Å². The van der Waals surface area contributed by atoms with Gasteiger partial charge in [-0.1, -0.05) is 75.1 Å². The molecule has 0 aliphatic carbocycles. The molecular weight excluding hydrogens is 440 g/mol.